The number of ether oxygens (including phenoxy) is 2. The van der Waals surface area contributed by atoms with Gasteiger partial charge in [-0.3, -0.25) is 4.68 Å². The molecule has 0 saturated heterocycles. The van der Waals surface area contributed by atoms with Gasteiger partial charge in [-0.15, -0.1) is 0 Å². The Hall–Kier alpha value is -1.07. The molecule has 5 heteroatoms. The number of aliphatic hydroxyl groups is 1. The summed E-state index contributed by atoms with van der Waals surface area (Å²) in [5.74, 6) is 0.590. The molecule has 1 aromatic heterocycles. The number of rotatable bonds is 5. The van der Waals surface area contributed by atoms with Crippen molar-refractivity contribution in [3.05, 3.63) is 11.9 Å². The van der Waals surface area contributed by atoms with E-state index in [9.17, 15) is 5.11 Å². The van der Waals surface area contributed by atoms with Crippen LogP contribution in [0.3, 0.4) is 0 Å². The van der Waals surface area contributed by atoms with Crippen molar-refractivity contribution in [2.75, 3.05) is 14.2 Å². The standard InChI is InChI=1S/C14H26N2O3/c1-9(2)16-11(10(18-6)8-15-16)12(17)13(19-7)14(3,4)5/h8-9,12-13,17H,1-7H3. The lowest BCUT2D eigenvalue weighted by molar-refractivity contribution is -0.0764. The second-order valence-corrected chi connectivity index (χ2v) is 6.10. The molecule has 2 atom stereocenters. The zero-order valence-electron chi connectivity index (χ0n) is 13.0. The van der Waals surface area contributed by atoms with E-state index in [4.69, 9.17) is 9.47 Å². The summed E-state index contributed by atoms with van der Waals surface area (Å²) in [6.07, 6.45) is 0.508. The van der Waals surface area contributed by atoms with Gasteiger partial charge in [-0.1, -0.05) is 20.8 Å². The largest absolute Gasteiger partial charge is 0.493 e. The van der Waals surface area contributed by atoms with Gasteiger partial charge in [0, 0.05) is 13.2 Å². The molecule has 0 aromatic carbocycles. The molecule has 1 aromatic rings. The Morgan fingerprint density at radius 1 is 1.26 bits per heavy atom. The van der Waals surface area contributed by atoms with E-state index in [-0.39, 0.29) is 17.6 Å². The molecule has 0 spiro atoms. The lowest BCUT2D eigenvalue weighted by Gasteiger charge is -2.33. The molecule has 2 unspecified atom stereocenters. The summed E-state index contributed by atoms with van der Waals surface area (Å²) in [6, 6.07) is 0.144. The van der Waals surface area contributed by atoms with Crippen molar-refractivity contribution in [3.63, 3.8) is 0 Å². The number of aliphatic hydroxyl groups excluding tert-OH is 1. The average molecular weight is 270 g/mol. The summed E-state index contributed by atoms with van der Waals surface area (Å²) in [4.78, 5) is 0. The van der Waals surface area contributed by atoms with Gasteiger partial charge in [0.1, 0.15) is 11.8 Å². The van der Waals surface area contributed by atoms with Crippen LogP contribution in [0.5, 0.6) is 5.75 Å². The molecule has 5 nitrogen and oxygen atoms in total. The van der Waals surface area contributed by atoms with E-state index in [1.165, 1.54) is 0 Å². The van der Waals surface area contributed by atoms with Crippen molar-refractivity contribution in [1.29, 1.82) is 0 Å². The van der Waals surface area contributed by atoms with Gasteiger partial charge in [0.15, 0.2) is 5.75 Å². The first kappa shape index (κ1) is 16.0. The fourth-order valence-corrected chi connectivity index (χ4v) is 2.31. The van der Waals surface area contributed by atoms with E-state index in [1.54, 1.807) is 25.1 Å². The molecule has 110 valence electrons. The molecule has 1 rings (SSSR count). The Labute approximate surface area is 115 Å². The van der Waals surface area contributed by atoms with Crippen LogP contribution in [0.15, 0.2) is 6.20 Å². The highest BCUT2D eigenvalue weighted by molar-refractivity contribution is 5.28. The maximum Gasteiger partial charge on any atom is 0.162 e. The van der Waals surface area contributed by atoms with Crippen LogP contribution in [0.25, 0.3) is 0 Å². The Kier molecular flexibility index (Phi) is 4.98. The number of hydrogen-bond donors (Lipinski definition) is 1. The second-order valence-electron chi connectivity index (χ2n) is 6.10. The highest BCUT2D eigenvalue weighted by atomic mass is 16.5. The zero-order chi connectivity index (χ0) is 14.8. The van der Waals surface area contributed by atoms with Crippen molar-refractivity contribution in [2.24, 2.45) is 5.41 Å². The van der Waals surface area contributed by atoms with Gasteiger partial charge in [-0.25, -0.2) is 0 Å². The molecule has 0 aliphatic carbocycles. The first-order valence-electron chi connectivity index (χ1n) is 6.56. The zero-order valence-corrected chi connectivity index (χ0v) is 13.0. The Morgan fingerprint density at radius 3 is 2.21 bits per heavy atom. The van der Waals surface area contributed by atoms with E-state index in [2.05, 4.69) is 5.10 Å². The third-order valence-corrected chi connectivity index (χ3v) is 3.18. The average Bonchev–Trinajstić information content (AvgIpc) is 2.71. The molecular weight excluding hydrogens is 244 g/mol. The van der Waals surface area contributed by atoms with Crippen LogP contribution in [0.4, 0.5) is 0 Å². The number of aromatic nitrogens is 2. The summed E-state index contributed by atoms with van der Waals surface area (Å²) in [7, 11) is 3.19. The Morgan fingerprint density at radius 2 is 1.84 bits per heavy atom. The first-order valence-corrected chi connectivity index (χ1v) is 6.56. The van der Waals surface area contributed by atoms with Crippen LogP contribution in [0.1, 0.15) is 52.5 Å². The highest BCUT2D eigenvalue weighted by Gasteiger charge is 2.36. The minimum atomic E-state index is -0.787. The monoisotopic (exact) mass is 270 g/mol. The maximum atomic E-state index is 10.7. The SMILES string of the molecule is COc1cnn(C(C)C)c1C(O)C(OC)C(C)(C)C. The molecular formula is C14H26N2O3. The van der Waals surface area contributed by atoms with Crippen molar-refractivity contribution in [3.8, 4) is 5.75 Å². The summed E-state index contributed by atoms with van der Waals surface area (Å²) in [5.41, 5.74) is 0.477. The van der Waals surface area contributed by atoms with E-state index >= 15 is 0 Å². The van der Waals surface area contributed by atoms with Crippen LogP contribution < -0.4 is 4.74 Å². The van der Waals surface area contributed by atoms with Crippen molar-refractivity contribution >= 4 is 0 Å². The van der Waals surface area contributed by atoms with Crippen molar-refractivity contribution in [1.82, 2.24) is 9.78 Å². The van der Waals surface area contributed by atoms with Crippen molar-refractivity contribution < 1.29 is 14.6 Å². The minimum Gasteiger partial charge on any atom is -0.493 e. The lowest BCUT2D eigenvalue weighted by atomic mass is 9.84. The second kappa shape index (κ2) is 5.92. The van der Waals surface area contributed by atoms with E-state index in [0.29, 0.717) is 11.4 Å². The fraction of sp³-hybridized carbons (Fsp3) is 0.786. The molecule has 19 heavy (non-hydrogen) atoms. The quantitative estimate of drug-likeness (QED) is 0.893. The van der Waals surface area contributed by atoms with Gasteiger partial charge in [-0.2, -0.15) is 5.10 Å². The van der Waals surface area contributed by atoms with E-state index < -0.39 is 6.10 Å². The Bertz CT molecular complexity index is 407. The summed E-state index contributed by atoms with van der Waals surface area (Å²) < 4.78 is 12.6. The van der Waals surface area contributed by atoms with Crippen LogP contribution >= 0.6 is 0 Å². The molecule has 0 radical (unpaired) electrons. The fourth-order valence-electron chi connectivity index (χ4n) is 2.31. The van der Waals surface area contributed by atoms with Crippen LogP contribution in [0, 0.1) is 5.41 Å². The maximum absolute atomic E-state index is 10.7. The van der Waals surface area contributed by atoms with Gasteiger partial charge in [0.05, 0.1) is 19.4 Å². The van der Waals surface area contributed by atoms with Gasteiger partial charge in [-0.05, 0) is 19.3 Å². The minimum absolute atomic E-state index is 0.144. The number of nitrogens with zero attached hydrogens (tertiary/aromatic N) is 2. The van der Waals surface area contributed by atoms with Crippen molar-refractivity contribution in [2.45, 2.75) is 52.9 Å². The molecule has 0 fully saturated rings. The number of hydrogen-bond acceptors (Lipinski definition) is 4. The van der Waals surface area contributed by atoms with E-state index in [0.717, 1.165) is 0 Å². The summed E-state index contributed by atoms with van der Waals surface area (Å²) >= 11 is 0. The highest BCUT2D eigenvalue weighted by Crippen LogP contribution is 2.37. The Balaban J connectivity index is 3.23. The van der Waals surface area contributed by atoms with Crippen LogP contribution in [-0.2, 0) is 4.74 Å². The first-order chi connectivity index (χ1) is 8.73. The number of methoxy groups -OCH3 is 2. The summed E-state index contributed by atoms with van der Waals surface area (Å²) in [5, 5.41) is 15.0. The third-order valence-electron chi connectivity index (χ3n) is 3.18. The smallest absolute Gasteiger partial charge is 0.162 e. The van der Waals surface area contributed by atoms with Crippen LogP contribution in [0.2, 0.25) is 0 Å². The molecule has 1 heterocycles. The predicted molar refractivity (Wildman–Crippen MR) is 74.4 cm³/mol. The van der Waals surface area contributed by atoms with Gasteiger partial charge >= 0.3 is 0 Å². The topological polar surface area (TPSA) is 56.5 Å². The molecule has 1 N–H and O–H groups in total. The summed E-state index contributed by atoms with van der Waals surface area (Å²) in [6.45, 7) is 10.1. The normalized spacial score (nSPS) is 15.6. The van der Waals surface area contributed by atoms with E-state index in [1.807, 2.05) is 34.6 Å². The van der Waals surface area contributed by atoms with Crippen LogP contribution in [-0.4, -0.2) is 35.2 Å². The molecule has 0 saturated carbocycles. The van der Waals surface area contributed by atoms with Gasteiger partial charge in [0.2, 0.25) is 0 Å². The molecule has 0 bridgehead atoms. The third kappa shape index (κ3) is 3.28. The predicted octanol–water partition coefficient (Wildman–Crippen LogP) is 2.57. The molecule has 0 aliphatic rings. The van der Waals surface area contributed by atoms with Gasteiger partial charge < -0.3 is 14.6 Å². The van der Waals surface area contributed by atoms with Gasteiger partial charge in [0.25, 0.3) is 0 Å². The lowest BCUT2D eigenvalue weighted by Crippen LogP contribution is -2.35. The molecule has 0 aliphatic heterocycles. The molecule has 0 amide bonds.